The van der Waals surface area contributed by atoms with Crippen LogP contribution in [0.15, 0.2) is 30.3 Å². The number of amides is 1. The average molecular weight is 231 g/mol. The van der Waals surface area contributed by atoms with Gasteiger partial charge in [-0.1, -0.05) is 36.8 Å². The lowest BCUT2D eigenvalue weighted by molar-refractivity contribution is -0.124. The normalized spacial score (nSPS) is 21.3. The fourth-order valence-corrected chi connectivity index (χ4v) is 2.34. The van der Waals surface area contributed by atoms with Gasteiger partial charge in [-0.3, -0.25) is 9.69 Å². The molecule has 0 aromatic heterocycles. The highest BCUT2D eigenvalue weighted by Crippen LogP contribution is 2.17. The van der Waals surface area contributed by atoms with Crippen LogP contribution < -0.4 is 5.73 Å². The molecule has 1 atom stereocenters. The smallest absolute Gasteiger partial charge is 0.234 e. The van der Waals surface area contributed by atoms with Gasteiger partial charge in [0.25, 0.3) is 0 Å². The first kappa shape index (κ1) is 12.1. The monoisotopic (exact) mass is 231 g/mol. The molecule has 0 bridgehead atoms. The Morgan fingerprint density at radius 2 is 2.12 bits per heavy atom. The zero-order chi connectivity index (χ0) is 12.1. The van der Waals surface area contributed by atoms with Crippen molar-refractivity contribution in [2.24, 2.45) is 5.73 Å². The molecule has 2 rings (SSSR count). The topological polar surface area (TPSA) is 46.3 Å². The van der Waals surface area contributed by atoms with Crippen LogP contribution in [0.25, 0.3) is 0 Å². The van der Waals surface area contributed by atoms with Crippen LogP contribution in [-0.4, -0.2) is 29.9 Å². The Kier molecular flexibility index (Phi) is 4.15. The van der Waals surface area contributed by atoms with Gasteiger partial charge in [-0.05, 0) is 24.9 Å². The molecule has 1 aliphatic rings. The standard InChI is InChI=1S/C14H19N2O/c15-14(17)13-8-4-5-10-16(13)11-9-12-6-2-1-3-7-12/h1-3,6-7,9,13H,4-5,8,10-11H2,(H2,15,17). The largest absolute Gasteiger partial charge is 0.368 e. The Bertz CT molecular complexity index is 364. The van der Waals surface area contributed by atoms with Gasteiger partial charge in [0.1, 0.15) is 0 Å². The van der Waals surface area contributed by atoms with Crippen molar-refractivity contribution in [1.29, 1.82) is 0 Å². The second-order valence-electron chi connectivity index (χ2n) is 4.52. The first-order valence-electron chi connectivity index (χ1n) is 6.19. The van der Waals surface area contributed by atoms with Crippen molar-refractivity contribution in [3.63, 3.8) is 0 Å². The summed E-state index contributed by atoms with van der Waals surface area (Å²) >= 11 is 0. The number of nitrogens with two attached hydrogens (primary N) is 1. The van der Waals surface area contributed by atoms with Crippen molar-refractivity contribution in [2.75, 3.05) is 13.1 Å². The van der Waals surface area contributed by atoms with Gasteiger partial charge < -0.3 is 5.73 Å². The lowest BCUT2D eigenvalue weighted by atomic mass is 10.0. The lowest BCUT2D eigenvalue weighted by Gasteiger charge is -2.33. The van der Waals surface area contributed by atoms with E-state index in [2.05, 4.69) is 23.5 Å². The van der Waals surface area contributed by atoms with Crippen molar-refractivity contribution in [2.45, 2.75) is 25.3 Å². The van der Waals surface area contributed by atoms with Crippen molar-refractivity contribution >= 4 is 5.91 Å². The number of carbonyl (C=O) groups excluding carboxylic acids is 1. The third-order valence-corrected chi connectivity index (χ3v) is 3.30. The number of nitrogens with zero attached hydrogens (tertiary/aromatic N) is 1. The van der Waals surface area contributed by atoms with E-state index in [4.69, 9.17) is 5.73 Å². The first-order valence-corrected chi connectivity index (χ1v) is 6.19. The number of rotatable bonds is 4. The maximum Gasteiger partial charge on any atom is 0.234 e. The minimum atomic E-state index is -0.189. The second-order valence-corrected chi connectivity index (χ2v) is 4.52. The maximum absolute atomic E-state index is 11.3. The summed E-state index contributed by atoms with van der Waals surface area (Å²) in [6.45, 7) is 1.77. The van der Waals surface area contributed by atoms with E-state index in [1.165, 1.54) is 5.56 Å². The van der Waals surface area contributed by atoms with E-state index >= 15 is 0 Å². The van der Waals surface area contributed by atoms with E-state index in [0.29, 0.717) is 0 Å². The molecule has 0 saturated carbocycles. The van der Waals surface area contributed by atoms with E-state index in [1.54, 1.807) is 0 Å². The van der Waals surface area contributed by atoms with Crippen LogP contribution in [0, 0.1) is 6.42 Å². The molecule has 1 aromatic carbocycles. The third kappa shape index (κ3) is 3.30. The Morgan fingerprint density at radius 3 is 2.82 bits per heavy atom. The molecule has 1 aromatic rings. The fraction of sp³-hybridized carbons (Fsp3) is 0.429. The van der Waals surface area contributed by atoms with E-state index in [9.17, 15) is 4.79 Å². The summed E-state index contributed by atoms with van der Waals surface area (Å²) in [7, 11) is 0. The second kappa shape index (κ2) is 5.82. The molecule has 1 heterocycles. The molecule has 1 radical (unpaired) electrons. The highest BCUT2D eigenvalue weighted by Gasteiger charge is 2.26. The van der Waals surface area contributed by atoms with Crippen molar-refractivity contribution in [1.82, 2.24) is 4.90 Å². The average Bonchev–Trinajstić information content (AvgIpc) is 2.38. The number of carbonyl (C=O) groups is 1. The van der Waals surface area contributed by atoms with Gasteiger partial charge in [0.2, 0.25) is 5.91 Å². The summed E-state index contributed by atoms with van der Waals surface area (Å²) in [4.78, 5) is 13.5. The zero-order valence-electron chi connectivity index (χ0n) is 10.0. The molecule has 0 spiro atoms. The molecular formula is C14H19N2O. The van der Waals surface area contributed by atoms with Crippen LogP contribution in [0.4, 0.5) is 0 Å². The van der Waals surface area contributed by atoms with E-state index in [-0.39, 0.29) is 11.9 Å². The van der Waals surface area contributed by atoms with Crippen molar-refractivity contribution in [3.05, 3.63) is 42.3 Å². The lowest BCUT2D eigenvalue weighted by Crippen LogP contribution is -2.48. The van der Waals surface area contributed by atoms with Crippen LogP contribution >= 0.6 is 0 Å². The van der Waals surface area contributed by atoms with E-state index < -0.39 is 0 Å². The van der Waals surface area contributed by atoms with Gasteiger partial charge >= 0.3 is 0 Å². The van der Waals surface area contributed by atoms with Gasteiger partial charge in [-0.15, -0.1) is 0 Å². The van der Waals surface area contributed by atoms with E-state index in [0.717, 1.165) is 32.4 Å². The number of primary amides is 1. The van der Waals surface area contributed by atoms with Crippen LogP contribution in [-0.2, 0) is 4.79 Å². The number of hydrogen-bond acceptors (Lipinski definition) is 2. The van der Waals surface area contributed by atoms with E-state index in [1.807, 2.05) is 18.2 Å². The molecule has 17 heavy (non-hydrogen) atoms. The summed E-state index contributed by atoms with van der Waals surface area (Å²) in [5.41, 5.74) is 6.63. The molecule has 2 N–H and O–H groups in total. The Hall–Kier alpha value is -1.35. The Morgan fingerprint density at radius 1 is 1.35 bits per heavy atom. The molecule has 1 unspecified atom stereocenters. The summed E-state index contributed by atoms with van der Waals surface area (Å²) in [5, 5.41) is 0. The van der Waals surface area contributed by atoms with Gasteiger partial charge in [-0.2, -0.15) is 0 Å². The molecule has 1 fully saturated rings. The molecule has 3 nitrogen and oxygen atoms in total. The van der Waals surface area contributed by atoms with Crippen LogP contribution in [0.3, 0.4) is 0 Å². The van der Waals surface area contributed by atoms with Crippen molar-refractivity contribution in [3.8, 4) is 0 Å². The third-order valence-electron chi connectivity index (χ3n) is 3.30. The van der Waals surface area contributed by atoms with Gasteiger partial charge in [0, 0.05) is 13.0 Å². The summed E-state index contributed by atoms with van der Waals surface area (Å²) in [6.07, 6.45) is 5.32. The highest BCUT2D eigenvalue weighted by molar-refractivity contribution is 5.79. The summed E-state index contributed by atoms with van der Waals surface area (Å²) < 4.78 is 0. The Labute approximate surface area is 103 Å². The van der Waals surface area contributed by atoms with Gasteiger partial charge in [-0.25, -0.2) is 0 Å². The minimum absolute atomic E-state index is 0.0799. The molecule has 91 valence electrons. The van der Waals surface area contributed by atoms with Gasteiger partial charge in [0.05, 0.1) is 6.04 Å². The molecular weight excluding hydrogens is 212 g/mol. The summed E-state index contributed by atoms with van der Waals surface area (Å²) in [6, 6.07) is 10.1. The Balaban J connectivity index is 1.90. The quantitative estimate of drug-likeness (QED) is 0.855. The fourth-order valence-electron chi connectivity index (χ4n) is 2.34. The van der Waals surface area contributed by atoms with Crippen LogP contribution in [0.5, 0.6) is 0 Å². The summed E-state index contributed by atoms with van der Waals surface area (Å²) in [5.74, 6) is -0.189. The maximum atomic E-state index is 11.3. The number of likely N-dealkylation sites (tertiary alicyclic amines) is 1. The molecule has 1 saturated heterocycles. The van der Waals surface area contributed by atoms with Crippen LogP contribution in [0.1, 0.15) is 24.8 Å². The molecule has 1 aliphatic heterocycles. The number of benzene rings is 1. The van der Waals surface area contributed by atoms with Crippen molar-refractivity contribution < 1.29 is 4.79 Å². The van der Waals surface area contributed by atoms with Gasteiger partial charge in [0.15, 0.2) is 0 Å². The first-order chi connectivity index (χ1) is 8.27. The molecule has 3 heteroatoms. The SMILES string of the molecule is NC(=O)C1CCCCN1C[CH]c1ccccc1. The predicted octanol–water partition coefficient (Wildman–Crippen LogP) is 1.58. The zero-order valence-corrected chi connectivity index (χ0v) is 10.0. The number of piperidine rings is 1. The highest BCUT2D eigenvalue weighted by atomic mass is 16.1. The minimum Gasteiger partial charge on any atom is -0.368 e. The predicted molar refractivity (Wildman–Crippen MR) is 68.3 cm³/mol. The van der Waals surface area contributed by atoms with Crippen LogP contribution in [0.2, 0.25) is 0 Å². The molecule has 0 aliphatic carbocycles. The molecule has 1 amide bonds. The number of hydrogen-bond donors (Lipinski definition) is 1.